The minimum absolute atomic E-state index is 0.157. The number of carbonyl (C=O) groups is 1. The normalized spacial score (nSPS) is 11.2. The summed E-state index contributed by atoms with van der Waals surface area (Å²) in [5.74, 6) is -0.233. The average Bonchev–Trinajstić information content (AvgIpc) is 3.00. The number of nitrogens with zero attached hydrogens (tertiary/aromatic N) is 2. The first-order chi connectivity index (χ1) is 12.4. The molecule has 3 aromatic heterocycles. The molecule has 0 saturated heterocycles. The third kappa shape index (κ3) is 2.78. The first-order valence-corrected chi connectivity index (χ1v) is 9.05. The fourth-order valence-corrected chi connectivity index (χ4v) is 4.03. The zero-order valence-corrected chi connectivity index (χ0v) is 15.5. The Morgan fingerprint density at radius 2 is 1.85 bits per heavy atom. The molecule has 130 valence electrons. The molecule has 6 heteroatoms. The lowest BCUT2D eigenvalue weighted by Gasteiger charge is -2.06. The lowest BCUT2D eigenvalue weighted by atomic mass is 10.1. The lowest BCUT2D eigenvalue weighted by Crippen LogP contribution is -2.14. The van der Waals surface area contributed by atoms with Gasteiger partial charge >= 0.3 is 0 Å². The number of aromatic nitrogens is 2. The van der Waals surface area contributed by atoms with Crippen LogP contribution < -0.4 is 10.9 Å². The summed E-state index contributed by atoms with van der Waals surface area (Å²) in [6, 6.07) is 11.2. The van der Waals surface area contributed by atoms with Crippen LogP contribution in [0.3, 0.4) is 0 Å². The molecule has 1 N–H and O–H groups in total. The zero-order valence-electron chi connectivity index (χ0n) is 14.7. The fourth-order valence-electron chi connectivity index (χ4n) is 3.11. The molecule has 0 unspecified atom stereocenters. The summed E-state index contributed by atoms with van der Waals surface area (Å²) in [5, 5.41) is 3.37. The molecule has 0 aliphatic heterocycles. The largest absolute Gasteiger partial charge is 0.321 e. The Labute approximate surface area is 153 Å². The number of fused-ring (bicyclic) bond motifs is 2. The van der Waals surface area contributed by atoms with Crippen molar-refractivity contribution in [3.63, 3.8) is 0 Å². The SMILES string of the molecule is Cc1cc(C)cc(NC(=O)c2cc3c(=O)n4cccc(C)c4nc3s2)c1. The summed E-state index contributed by atoms with van der Waals surface area (Å²) in [4.78, 5) is 31.0. The second-order valence-corrected chi connectivity index (χ2v) is 7.49. The van der Waals surface area contributed by atoms with Gasteiger partial charge in [0.1, 0.15) is 10.5 Å². The van der Waals surface area contributed by atoms with Crippen molar-refractivity contribution in [2.45, 2.75) is 20.8 Å². The van der Waals surface area contributed by atoms with Crippen LogP contribution in [0.2, 0.25) is 0 Å². The van der Waals surface area contributed by atoms with E-state index >= 15 is 0 Å². The van der Waals surface area contributed by atoms with Crippen LogP contribution in [0.5, 0.6) is 0 Å². The van der Waals surface area contributed by atoms with E-state index in [-0.39, 0.29) is 11.5 Å². The third-order valence-electron chi connectivity index (χ3n) is 4.23. The van der Waals surface area contributed by atoms with Gasteiger partial charge in [-0.2, -0.15) is 0 Å². The Morgan fingerprint density at radius 3 is 2.58 bits per heavy atom. The number of carbonyl (C=O) groups excluding carboxylic acids is 1. The van der Waals surface area contributed by atoms with Crippen LogP contribution in [0.1, 0.15) is 26.4 Å². The quantitative estimate of drug-likeness (QED) is 0.583. The van der Waals surface area contributed by atoms with E-state index in [0.29, 0.717) is 20.7 Å². The van der Waals surface area contributed by atoms with Gasteiger partial charge in [0.05, 0.1) is 10.3 Å². The van der Waals surface area contributed by atoms with Crippen LogP contribution in [0.25, 0.3) is 15.9 Å². The predicted molar refractivity (Wildman–Crippen MR) is 105 cm³/mol. The summed E-state index contributed by atoms with van der Waals surface area (Å²) < 4.78 is 1.52. The number of aryl methyl sites for hydroxylation is 3. The van der Waals surface area contributed by atoms with Crippen molar-refractivity contribution in [3.05, 3.63) is 74.5 Å². The molecule has 0 atom stereocenters. The number of amides is 1. The van der Waals surface area contributed by atoms with E-state index in [4.69, 9.17) is 0 Å². The first-order valence-electron chi connectivity index (χ1n) is 8.23. The molecule has 0 aliphatic rings. The number of hydrogen-bond donors (Lipinski definition) is 1. The van der Waals surface area contributed by atoms with Crippen LogP contribution in [0.4, 0.5) is 5.69 Å². The first kappa shape index (κ1) is 16.5. The Balaban J connectivity index is 1.78. The standard InChI is InChI=1S/C20H17N3O2S/c1-11-7-12(2)9-14(8-11)21-18(24)16-10-15-19(26-16)22-17-13(3)5-4-6-23(17)20(15)25/h4-10H,1-3H3,(H,21,24). The zero-order chi connectivity index (χ0) is 18.4. The van der Waals surface area contributed by atoms with Gasteiger partial charge in [0.25, 0.3) is 11.5 Å². The molecule has 5 nitrogen and oxygen atoms in total. The van der Waals surface area contributed by atoms with Gasteiger partial charge in [-0.05, 0) is 61.7 Å². The Bertz CT molecular complexity index is 1220. The van der Waals surface area contributed by atoms with Crippen LogP contribution >= 0.6 is 11.3 Å². The molecule has 0 fully saturated rings. The summed E-state index contributed by atoms with van der Waals surface area (Å²) in [6.45, 7) is 5.89. The van der Waals surface area contributed by atoms with Crippen LogP contribution in [0, 0.1) is 20.8 Å². The lowest BCUT2D eigenvalue weighted by molar-refractivity contribution is 0.103. The van der Waals surface area contributed by atoms with E-state index < -0.39 is 0 Å². The highest BCUT2D eigenvalue weighted by Crippen LogP contribution is 2.24. The van der Waals surface area contributed by atoms with Crippen molar-refractivity contribution >= 4 is 38.8 Å². The molecular formula is C20H17N3O2S. The van der Waals surface area contributed by atoms with E-state index in [0.717, 1.165) is 22.4 Å². The number of nitrogens with one attached hydrogen (secondary N) is 1. The summed E-state index contributed by atoms with van der Waals surface area (Å²) in [6.07, 6.45) is 1.70. The van der Waals surface area contributed by atoms with E-state index in [2.05, 4.69) is 10.3 Å². The van der Waals surface area contributed by atoms with Gasteiger partial charge in [-0.25, -0.2) is 4.98 Å². The minimum atomic E-state index is -0.233. The van der Waals surface area contributed by atoms with E-state index in [9.17, 15) is 9.59 Å². The molecule has 1 amide bonds. The highest BCUT2D eigenvalue weighted by Gasteiger charge is 2.15. The van der Waals surface area contributed by atoms with Gasteiger partial charge in [0.15, 0.2) is 0 Å². The number of pyridine rings is 1. The maximum Gasteiger partial charge on any atom is 0.266 e. The highest BCUT2D eigenvalue weighted by atomic mass is 32.1. The number of rotatable bonds is 2. The molecule has 4 rings (SSSR count). The van der Waals surface area contributed by atoms with E-state index in [1.54, 1.807) is 12.3 Å². The van der Waals surface area contributed by atoms with Crippen molar-refractivity contribution in [2.24, 2.45) is 0 Å². The summed E-state index contributed by atoms with van der Waals surface area (Å²) in [5.41, 5.74) is 4.29. The molecule has 3 heterocycles. The van der Waals surface area contributed by atoms with Crippen LogP contribution in [-0.4, -0.2) is 15.3 Å². The molecule has 0 radical (unpaired) electrons. The van der Waals surface area contributed by atoms with Gasteiger partial charge in [-0.3, -0.25) is 14.0 Å². The van der Waals surface area contributed by atoms with Crippen molar-refractivity contribution in [3.8, 4) is 0 Å². The monoisotopic (exact) mass is 363 g/mol. The molecule has 4 aromatic rings. The maximum atomic E-state index is 12.7. The van der Waals surface area contributed by atoms with E-state index in [1.807, 2.05) is 51.1 Å². The second kappa shape index (κ2) is 6.07. The average molecular weight is 363 g/mol. The molecule has 26 heavy (non-hydrogen) atoms. The molecule has 1 aromatic carbocycles. The number of anilines is 1. The Morgan fingerprint density at radius 1 is 1.12 bits per heavy atom. The van der Waals surface area contributed by atoms with Gasteiger partial charge in [0, 0.05) is 11.9 Å². The summed E-state index contributed by atoms with van der Waals surface area (Å²) in [7, 11) is 0. The topological polar surface area (TPSA) is 63.5 Å². The molecule has 0 spiro atoms. The molecular weight excluding hydrogens is 346 g/mol. The van der Waals surface area contributed by atoms with Crippen molar-refractivity contribution in [1.82, 2.24) is 9.38 Å². The van der Waals surface area contributed by atoms with Crippen molar-refractivity contribution < 1.29 is 4.79 Å². The van der Waals surface area contributed by atoms with Crippen LogP contribution in [0.15, 0.2) is 47.4 Å². The number of hydrogen-bond acceptors (Lipinski definition) is 4. The smallest absolute Gasteiger partial charge is 0.266 e. The Kier molecular flexibility index (Phi) is 3.85. The van der Waals surface area contributed by atoms with Gasteiger partial charge in [-0.1, -0.05) is 12.1 Å². The van der Waals surface area contributed by atoms with Gasteiger partial charge in [-0.15, -0.1) is 11.3 Å². The number of thiophene rings is 1. The fraction of sp³-hybridized carbons (Fsp3) is 0.150. The van der Waals surface area contributed by atoms with Gasteiger partial charge < -0.3 is 5.32 Å². The molecule has 0 aliphatic carbocycles. The predicted octanol–water partition coefficient (Wildman–Crippen LogP) is 4.09. The third-order valence-corrected chi connectivity index (χ3v) is 5.26. The molecule has 0 saturated carbocycles. The number of benzene rings is 1. The van der Waals surface area contributed by atoms with Crippen LogP contribution in [-0.2, 0) is 0 Å². The van der Waals surface area contributed by atoms with E-state index in [1.165, 1.54) is 15.7 Å². The van der Waals surface area contributed by atoms with Gasteiger partial charge in [0.2, 0.25) is 0 Å². The van der Waals surface area contributed by atoms with Crippen molar-refractivity contribution in [2.75, 3.05) is 5.32 Å². The second-order valence-electron chi connectivity index (χ2n) is 6.46. The molecule has 0 bridgehead atoms. The highest BCUT2D eigenvalue weighted by molar-refractivity contribution is 7.20. The van der Waals surface area contributed by atoms with Crippen molar-refractivity contribution in [1.29, 1.82) is 0 Å². The minimum Gasteiger partial charge on any atom is -0.321 e. The maximum absolute atomic E-state index is 12.7. The summed E-state index contributed by atoms with van der Waals surface area (Å²) >= 11 is 1.23. The Hall–Kier alpha value is -2.99.